The van der Waals surface area contributed by atoms with E-state index in [9.17, 15) is 5.11 Å². The van der Waals surface area contributed by atoms with Crippen molar-refractivity contribution in [3.63, 3.8) is 0 Å². The van der Waals surface area contributed by atoms with Crippen LogP contribution in [0.5, 0.6) is 17.2 Å². The molecule has 1 heterocycles. The van der Waals surface area contributed by atoms with Gasteiger partial charge in [0.25, 0.3) is 0 Å². The number of nitrogens with zero attached hydrogens (tertiary/aromatic N) is 2. The number of hydrogen-bond acceptors (Lipinski definition) is 6. The van der Waals surface area contributed by atoms with Crippen molar-refractivity contribution in [1.29, 1.82) is 0 Å². The topological polar surface area (TPSA) is 76.5 Å². The minimum Gasteiger partial charge on any atom is -0.506 e. The number of aromatic hydroxyl groups is 1. The van der Waals surface area contributed by atoms with E-state index >= 15 is 0 Å². The SMILES string of the molecule is COc1cc2ncnc(Nc3ccc(C)c(O)c3Cl)c2cc1OC. The lowest BCUT2D eigenvalue weighted by Crippen LogP contribution is -1.98. The number of hydrogen-bond donors (Lipinski definition) is 2. The minimum atomic E-state index is 0.0410. The maximum atomic E-state index is 9.99. The van der Waals surface area contributed by atoms with Gasteiger partial charge in [0.1, 0.15) is 22.9 Å². The number of methoxy groups -OCH3 is 2. The summed E-state index contributed by atoms with van der Waals surface area (Å²) in [7, 11) is 3.13. The molecule has 0 aliphatic heterocycles. The number of ether oxygens (including phenoxy) is 2. The second-order valence-electron chi connectivity index (χ2n) is 5.16. The Morgan fingerprint density at radius 3 is 2.50 bits per heavy atom. The Morgan fingerprint density at radius 1 is 1.08 bits per heavy atom. The largest absolute Gasteiger partial charge is 0.506 e. The molecule has 0 aliphatic rings. The normalized spacial score (nSPS) is 10.7. The number of rotatable bonds is 4. The fourth-order valence-electron chi connectivity index (χ4n) is 2.37. The number of nitrogens with one attached hydrogen (secondary N) is 1. The summed E-state index contributed by atoms with van der Waals surface area (Å²) in [6.07, 6.45) is 1.44. The van der Waals surface area contributed by atoms with Gasteiger partial charge in [0.15, 0.2) is 11.5 Å². The van der Waals surface area contributed by atoms with Crippen molar-refractivity contribution < 1.29 is 14.6 Å². The van der Waals surface area contributed by atoms with Gasteiger partial charge in [-0.05, 0) is 24.6 Å². The number of halogens is 1. The molecule has 0 atom stereocenters. The van der Waals surface area contributed by atoms with Crippen LogP contribution < -0.4 is 14.8 Å². The molecule has 0 aliphatic carbocycles. The lowest BCUT2D eigenvalue weighted by molar-refractivity contribution is 0.356. The molecule has 0 saturated heterocycles. The van der Waals surface area contributed by atoms with Gasteiger partial charge < -0.3 is 19.9 Å². The van der Waals surface area contributed by atoms with Gasteiger partial charge in [-0.25, -0.2) is 9.97 Å². The number of benzene rings is 2. The molecule has 124 valence electrons. The van der Waals surface area contributed by atoms with E-state index in [2.05, 4.69) is 15.3 Å². The van der Waals surface area contributed by atoms with Crippen LogP contribution in [0.25, 0.3) is 10.9 Å². The molecule has 0 unspecified atom stereocenters. The van der Waals surface area contributed by atoms with Gasteiger partial charge >= 0.3 is 0 Å². The predicted molar refractivity (Wildman–Crippen MR) is 93.8 cm³/mol. The van der Waals surface area contributed by atoms with E-state index in [-0.39, 0.29) is 10.8 Å². The van der Waals surface area contributed by atoms with Gasteiger partial charge in [0.05, 0.1) is 25.4 Å². The van der Waals surface area contributed by atoms with E-state index in [0.717, 1.165) is 5.39 Å². The minimum absolute atomic E-state index is 0.0410. The van der Waals surface area contributed by atoms with Crippen molar-refractivity contribution in [3.8, 4) is 17.2 Å². The Kier molecular flexibility index (Phi) is 4.31. The lowest BCUT2D eigenvalue weighted by atomic mass is 10.2. The Labute approximate surface area is 144 Å². The van der Waals surface area contributed by atoms with Gasteiger partial charge in [-0.2, -0.15) is 0 Å². The Hall–Kier alpha value is -2.73. The summed E-state index contributed by atoms with van der Waals surface area (Å²) >= 11 is 6.21. The molecule has 2 aromatic carbocycles. The van der Waals surface area contributed by atoms with Crippen molar-refractivity contribution in [2.75, 3.05) is 19.5 Å². The third kappa shape index (κ3) is 2.76. The summed E-state index contributed by atoms with van der Waals surface area (Å²) in [5.41, 5.74) is 1.94. The monoisotopic (exact) mass is 345 g/mol. The summed E-state index contributed by atoms with van der Waals surface area (Å²) in [6, 6.07) is 7.12. The first kappa shape index (κ1) is 16.1. The third-order valence-electron chi connectivity index (χ3n) is 3.71. The van der Waals surface area contributed by atoms with Crippen LogP contribution in [0.4, 0.5) is 11.5 Å². The fraction of sp³-hybridized carbons (Fsp3) is 0.176. The highest BCUT2D eigenvalue weighted by atomic mass is 35.5. The molecule has 3 rings (SSSR count). The molecule has 0 saturated carbocycles. The van der Waals surface area contributed by atoms with Crippen LogP contribution in [0.3, 0.4) is 0 Å². The molecule has 0 radical (unpaired) electrons. The van der Waals surface area contributed by atoms with E-state index < -0.39 is 0 Å². The van der Waals surface area contributed by atoms with Crippen LogP contribution in [0, 0.1) is 6.92 Å². The first-order valence-electron chi connectivity index (χ1n) is 7.17. The van der Waals surface area contributed by atoms with E-state index in [1.165, 1.54) is 6.33 Å². The summed E-state index contributed by atoms with van der Waals surface area (Å²) in [5, 5.41) is 14.1. The highest BCUT2D eigenvalue weighted by Crippen LogP contribution is 2.38. The Bertz CT molecular complexity index is 915. The molecule has 7 heteroatoms. The van der Waals surface area contributed by atoms with Crippen molar-refractivity contribution in [2.45, 2.75) is 6.92 Å². The van der Waals surface area contributed by atoms with Crippen LogP contribution in [0.2, 0.25) is 5.02 Å². The molecule has 3 aromatic rings. The van der Waals surface area contributed by atoms with Gasteiger partial charge in [0.2, 0.25) is 0 Å². The van der Waals surface area contributed by atoms with E-state index in [0.29, 0.717) is 34.1 Å². The zero-order valence-corrected chi connectivity index (χ0v) is 14.2. The van der Waals surface area contributed by atoms with E-state index in [1.54, 1.807) is 45.4 Å². The number of anilines is 2. The molecule has 24 heavy (non-hydrogen) atoms. The highest BCUT2D eigenvalue weighted by molar-refractivity contribution is 6.35. The maximum Gasteiger partial charge on any atom is 0.162 e. The summed E-state index contributed by atoms with van der Waals surface area (Å²) < 4.78 is 10.6. The molecular formula is C17H16ClN3O3. The molecule has 1 aromatic heterocycles. The second kappa shape index (κ2) is 6.41. The molecule has 6 nitrogen and oxygen atoms in total. The number of phenolic OH excluding ortho intramolecular Hbond substituents is 1. The quantitative estimate of drug-likeness (QED) is 0.742. The van der Waals surface area contributed by atoms with Crippen molar-refractivity contribution in [3.05, 3.63) is 41.2 Å². The van der Waals surface area contributed by atoms with Crippen LogP contribution in [-0.4, -0.2) is 29.3 Å². The number of aromatic nitrogens is 2. The van der Waals surface area contributed by atoms with Crippen LogP contribution in [0.15, 0.2) is 30.6 Å². The van der Waals surface area contributed by atoms with Crippen molar-refractivity contribution in [2.24, 2.45) is 0 Å². The van der Waals surface area contributed by atoms with Gasteiger partial charge in [-0.15, -0.1) is 0 Å². The average molecular weight is 346 g/mol. The number of aryl methyl sites for hydroxylation is 1. The fourth-order valence-corrected chi connectivity index (χ4v) is 2.63. The first-order chi connectivity index (χ1) is 11.5. The molecule has 0 amide bonds. The standard InChI is InChI=1S/C17H16ClN3O3/c1-9-4-5-11(15(18)16(9)22)21-17-10-6-13(23-2)14(24-3)7-12(10)19-8-20-17/h4-8,22H,1-3H3,(H,19,20,21). The molecular weight excluding hydrogens is 330 g/mol. The lowest BCUT2D eigenvalue weighted by Gasteiger charge is -2.13. The number of phenols is 1. The zero-order valence-electron chi connectivity index (χ0n) is 13.4. The van der Waals surface area contributed by atoms with E-state index in [1.807, 2.05) is 0 Å². The van der Waals surface area contributed by atoms with Crippen molar-refractivity contribution >= 4 is 34.0 Å². The smallest absolute Gasteiger partial charge is 0.162 e. The Morgan fingerprint density at radius 2 is 1.79 bits per heavy atom. The van der Waals surface area contributed by atoms with Crippen LogP contribution in [-0.2, 0) is 0 Å². The molecule has 0 bridgehead atoms. The maximum absolute atomic E-state index is 9.99. The molecule has 2 N–H and O–H groups in total. The molecule has 0 spiro atoms. The van der Waals surface area contributed by atoms with Crippen LogP contribution in [0.1, 0.15) is 5.56 Å². The Balaban J connectivity index is 2.12. The van der Waals surface area contributed by atoms with Gasteiger partial charge in [-0.3, -0.25) is 0 Å². The summed E-state index contributed by atoms with van der Waals surface area (Å²) in [5.74, 6) is 1.74. The van der Waals surface area contributed by atoms with Gasteiger partial charge in [-0.1, -0.05) is 17.7 Å². The summed E-state index contributed by atoms with van der Waals surface area (Å²) in [4.78, 5) is 8.52. The molecule has 0 fully saturated rings. The zero-order chi connectivity index (χ0) is 17.3. The van der Waals surface area contributed by atoms with Gasteiger partial charge in [0, 0.05) is 11.5 Å². The highest BCUT2D eigenvalue weighted by Gasteiger charge is 2.13. The number of fused-ring (bicyclic) bond motifs is 1. The van der Waals surface area contributed by atoms with Crippen LogP contribution >= 0.6 is 11.6 Å². The van der Waals surface area contributed by atoms with E-state index in [4.69, 9.17) is 21.1 Å². The third-order valence-corrected chi connectivity index (χ3v) is 4.09. The first-order valence-corrected chi connectivity index (χ1v) is 7.54. The average Bonchev–Trinajstić information content (AvgIpc) is 2.61. The summed E-state index contributed by atoms with van der Waals surface area (Å²) in [6.45, 7) is 1.78. The second-order valence-corrected chi connectivity index (χ2v) is 5.54. The predicted octanol–water partition coefficient (Wildman–Crippen LogP) is 4.06. The van der Waals surface area contributed by atoms with Crippen molar-refractivity contribution in [1.82, 2.24) is 9.97 Å².